The van der Waals surface area contributed by atoms with Gasteiger partial charge in [0.05, 0.1) is 6.33 Å². The highest BCUT2D eigenvalue weighted by Crippen LogP contribution is 2.57. The maximum absolute atomic E-state index is 12.7. The third-order valence-corrected chi connectivity index (χ3v) is 6.21. The standard InChI is InChI=1S/C20H20N8O2/c1-11-3-4-21-14(5-11)27-6-12-13(7-27)16(12)18-24-15(30-25-18)8-28-10-23-19-17(20(28)29)26(2)9-22-19/h3-5,9-10,12-13,16H,6-8H2,1-2H3. The molecule has 0 amide bonds. The number of imidazole rings is 1. The van der Waals surface area contributed by atoms with Crippen molar-refractivity contribution in [1.29, 1.82) is 0 Å². The average molecular weight is 404 g/mol. The summed E-state index contributed by atoms with van der Waals surface area (Å²) in [6.07, 6.45) is 4.91. The van der Waals surface area contributed by atoms with Crippen molar-refractivity contribution in [2.45, 2.75) is 19.4 Å². The van der Waals surface area contributed by atoms with Gasteiger partial charge in [-0.1, -0.05) is 5.16 Å². The van der Waals surface area contributed by atoms with E-state index in [1.54, 1.807) is 17.9 Å². The lowest BCUT2D eigenvalue weighted by Crippen LogP contribution is -2.24. The third-order valence-electron chi connectivity index (χ3n) is 6.21. The zero-order valence-electron chi connectivity index (χ0n) is 16.6. The summed E-state index contributed by atoms with van der Waals surface area (Å²) >= 11 is 0. The van der Waals surface area contributed by atoms with E-state index in [1.807, 2.05) is 12.3 Å². The number of nitrogens with zero attached hydrogens (tertiary/aromatic N) is 8. The molecule has 0 N–H and O–H groups in total. The Balaban J connectivity index is 1.17. The highest BCUT2D eigenvalue weighted by molar-refractivity contribution is 5.68. The molecule has 2 aliphatic rings. The molecule has 5 heterocycles. The number of rotatable bonds is 4. The van der Waals surface area contributed by atoms with Crippen LogP contribution in [-0.4, -0.2) is 47.3 Å². The minimum Gasteiger partial charge on any atom is -0.356 e. The van der Waals surface area contributed by atoms with Gasteiger partial charge < -0.3 is 14.0 Å². The van der Waals surface area contributed by atoms with Crippen molar-refractivity contribution in [3.8, 4) is 0 Å². The van der Waals surface area contributed by atoms with E-state index in [9.17, 15) is 4.79 Å². The third kappa shape index (κ3) is 2.63. The van der Waals surface area contributed by atoms with E-state index >= 15 is 0 Å². The molecule has 1 saturated heterocycles. The van der Waals surface area contributed by atoms with Gasteiger partial charge in [0.25, 0.3) is 5.56 Å². The van der Waals surface area contributed by atoms with Crippen LogP contribution < -0.4 is 10.5 Å². The van der Waals surface area contributed by atoms with Gasteiger partial charge in [-0.25, -0.2) is 15.0 Å². The SMILES string of the molecule is Cc1ccnc(N2CC3C(C2)C3c2noc(Cn3cnc4ncn(C)c4c3=O)n2)c1. The minimum atomic E-state index is -0.177. The molecule has 152 valence electrons. The van der Waals surface area contributed by atoms with Crippen molar-refractivity contribution < 1.29 is 4.52 Å². The van der Waals surface area contributed by atoms with Crippen LogP contribution in [0.5, 0.6) is 0 Å². The highest BCUT2D eigenvalue weighted by Gasteiger charge is 2.58. The fourth-order valence-corrected chi connectivity index (χ4v) is 4.59. The van der Waals surface area contributed by atoms with Gasteiger partial charge in [0, 0.05) is 32.3 Å². The van der Waals surface area contributed by atoms with Crippen LogP contribution in [0.2, 0.25) is 0 Å². The minimum absolute atomic E-state index is 0.177. The van der Waals surface area contributed by atoms with Gasteiger partial charge in [-0.05, 0) is 36.5 Å². The lowest BCUT2D eigenvalue weighted by molar-refractivity contribution is 0.363. The summed E-state index contributed by atoms with van der Waals surface area (Å²) in [4.78, 5) is 32.4. The van der Waals surface area contributed by atoms with E-state index in [4.69, 9.17) is 4.52 Å². The first-order valence-corrected chi connectivity index (χ1v) is 9.95. The summed E-state index contributed by atoms with van der Waals surface area (Å²) in [5.41, 5.74) is 1.93. The first-order valence-electron chi connectivity index (χ1n) is 9.95. The monoisotopic (exact) mass is 404 g/mol. The van der Waals surface area contributed by atoms with Gasteiger partial charge in [-0.3, -0.25) is 9.36 Å². The van der Waals surface area contributed by atoms with Crippen molar-refractivity contribution in [2.75, 3.05) is 18.0 Å². The lowest BCUT2D eigenvalue weighted by Gasteiger charge is -2.20. The number of hydrogen-bond acceptors (Lipinski definition) is 8. The van der Waals surface area contributed by atoms with E-state index < -0.39 is 0 Å². The van der Waals surface area contributed by atoms with E-state index in [0.717, 1.165) is 24.7 Å². The Morgan fingerprint density at radius 2 is 1.97 bits per heavy atom. The fourth-order valence-electron chi connectivity index (χ4n) is 4.59. The van der Waals surface area contributed by atoms with Crippen molar-refractivity contribution in [3.05, 3.63) is 58.6 Å². The second kappa shape index (κ2) is 6.22. The molecule has 2 fully saturated rings. The zero-order valence-corrected chi connectivity index (χ0v) is 16.6. The highest BCUT2D eigenvalue weighted by atomic mass is 16.5. The molecule has 0 bridgehead atoms. The maximum atomic E-state index is 12.7. The van der Waals surface area contributed by atoms with E-state index in [2.05, 4.69) is 43.0 Å². The van der Waals surface area contributed by atoms with Gasteiger partial charge >= 0.3 is 0 Å². The number of aryl methyl sites for hydroxylation is 2. The van der Waals surface area contributed by atoms with Crippen LogP contribution in [0.1, 0.15) is 23.2 Å². The van der Waals surface area contributed by atoms with Crippen LogP contribution in [0.4, 0.5) is 5.82 Å². The predicted molar refractivity (Wildman–Crippen MR) is 107 cm³/mol. The Kier molecular flexibility index (Phi) is 3.59. The van der Waals surface area contributed by atoms with Crippen LogP contribution in [0.15, 0.2) is 40.3 Å². The Bertz CT molecular complexity index is 1310. The number of aromatic nitrogens is 7. The molecule has 4 aromatic rings. The Labute approximate surface area is 171 Å². The van der Waals surface area contributed by atoms with Crippen LogP contribution in [-0.2, 0) is 13.6 Å². The molecule has 1 aliphatic carbocycles. The molecule has 0 aromatic carbocycles. The molecule has 30 heavy (non-hydrogen) atoms. The summed E-state index contributed by atoms with van der Waals surface area (Å²) in [5, 5.41) is 4.19. The molecule has 0 radical (unpaired) electrons. The molecular formula is C20H20N8O2. The smallest absolute Gasteiger partial charge is 0.280 e. The van der Waals surface area contributed by atoms with Crippen molar-refractivity contribution in [1.82, 2.24) is 34.2 Å². The van der Waals surface area contributed by atoms with Crippen LogP contribution in [0.25, 0.3) is 11.2 Å². The van der Waals surface area contributed by atoms with Gasteiger partial charge in [0.15, 0.2) is 17.0 Å². The summed E-state index contributed by atoms with van der Waals surface area (Å²) < 4.78 is 8.58. The second-order valence-electron chi connectivity index (χ2n) is 8.20. The molecule has 10 heteroatoms. The molecule has 10 nitrogen and oxygen atoms in total. The zero-order chi connectivity index (χ0) is 20.4. The van der Waals surface area contributed by atoms with Crippen molar-refractivity contribution in [2.24, 2.45) is 18.9 Å². The fraction of sp³-hybridized carbons (Fsp3) is 0.400. The van der Waals surface area contributed by atoms with Gasteiger partial charge in [0.1, 0.15) is 18.7 Å². The van der Waals surface area contributed by atoms with E-state index in [0.29, 0.717) is 34.8 Å². The number of anilines is 1. The Morgan fingerprint density at radius 3 is 2.77 bits per heavy atom. The van der Waals surface area contributed by atoms with E-state index in [-0.39, 0.29) is 12.1 Å². The number of hydrogen-bond donors (Lipinski definition) is 0. The van der Waals surface area contributed by atoms with Gasteiger partial charge in [-0.2, -0.15) is 4.98 Å². The predicted octanol–water partition coefficient (Wildman–Crippen LogP) is 1.11. The quantitative estimate of drug-likeness (QED) is 0.498. The van der Waals surface area contributed by atoms with Crippen LogP contribution >= 0.6 is 0 Å². The molecule has 2 atom stereocenters. The Hall–Kier alpha value is -3.56. The summed E-state index contributed by atoms with van der Waals surface area (Å²) in [6.45, 7) is 4.19. The molecule has 1 saturated carbocycles. The topological polar surface area (TPSA) is 108 Å². The largest absolute Gasteiger partial charge is 0.356 e. The normalized spacial score (nSPS) is 22.6. The van der Waals surface area contributed by atoms with Crippen molar-refractivity contribution in [3.63, 3.8) is 0 Å². The number of fused-ring (bicyclic) bond motifs is 2. The first-order chi connectivity index (χ1) is 14.6. The second-order valence-corrected chi connectivity index (χ2v) is 8.20. The average Bonchev–Trinajstić information content (AvgIpc) is 3.16. The van der Waals surface area contributed by atoms with Crippen molar-refractivity contribution >= 4 is 17.0 Å². The van der Waals surface area contributed by atoms with Crippen LogP contribution in [0, 0.1) is 18.8 Å². The molecular weight excluding hydrogens is 384 g/mol. The first kappa shape index (κ1) is 17.3. The summed E-state index contributed by atoms with van der Waals surface area (Å²) in [7, 11) is 1.77. The van der Waals surface area contributed by atoms with Gasteiger partial charge in [-0.15, -0.1) is 0 Å². The number of piperidine rings is 1. The molecule has 6 rings (SSSR count). The number of pyridine rings is 1. The summed E-state index contributed by atoms with van der Waals surface area (Å²) in [6, 6.07) is 4.13. The molecule has 4 aromatic heterocycles. The van der Waals surface area contributed by atoms with E-state index in [1.165, 1.54) is 16.5 Å². The maximum Gasteiger partial charge on any atom is 0.280 e. The van der Waals surface area contributed by atoms with Gasteiger partial charge in [0.2, 0.25) is 5.89 Å². The molecule has 2 unspecified atom stereocenters. The summed E-state index contributed by atoms with van der Waals surface area (Å²) in [5.74, 6) is 3.54. The molecule has 1 aliphatic heterocycles. The van der Waals surface area contributed by atoms with Crippen LogP contribution in [0.3, 0.4) is 0 Å². The lowest BCUT2D eigenvalue weighted by atomic mass is 10.2. The Morgan fingerprint density at radius 1 is 1.17 bits per heavy atom. The molecule has 0 spiro atoms.